The van der Waals surface area contributed by atoms with Crippen molar-refractivity contribution >= 4 is 39.1 Å². The van der Waals surface area contributed by atoms with Crippen LogP contribution in [0.15, 0.2) is 71.6 Å². The molecule has 0 atom stereocenters. The van der Waals surface area contributed by atoms with E-state index in [4.69, 9.17) is 21.1 Å². The SMILES string of the molecule is COc1ccc(C(C)=O)cc1COC(=O)c1ccc(Cl)c(S(=O)(=O)N(C)c2ccccc2)c1. The van der Waals surface area contributed by atoms with E-state index in [0.717, 1.165) is 4.31 Å². The van der Waals surface area contributed by atoms with Crippen molar-refractivity contribution in [2.75, 3.05) is 18.5 Å². The second kappa shape index (κ2) is 10.1. The Hall–Kier alpha value is -3.36. The van der Waals surface area contributed by atoms with Gasteiger partial charge in [-0.3, -0.25) is 9.10 Å². The van der Waals surface area contributed by atoms with Gasteiger partial charge in [0, 0.05) is 18.2 Å². The summed E-state index contributed by atoms with van der Waals surface area (Å²) in [6.07, 6.45) is 0. The highest BCUT2D eigenvalue weighted by Crippen LogP contribution is 2.29. The van der Waals surface area contributed by atoms with Gasteiger partial charge in [0.1, 0.15) is 17.3 Å². The van der Waals surface area contributed by atoms with Crippen LogP contribution in [0, 0.1) is 0 Å². The molecular weight excluding hydrogens is 466 g/mol. The number of Topliss-reactive ketones (excluding diaryl/α,β-unsaturated/α-hetero) is 1. The zero-order valence-corrected chi connectivity index (χ0v) is 19.8. The van der Waals surface area contributed by atoms with Crippen molar-refractivity contribution in [3.05, 3.63) is 88.4 Å². The standard InChI is InChI=1S/C24H22ClNO6S/c1-16(27)17-10-12-22(31-3)19(13-17)15-32-24(28)18-9-11-21(25)23(14-18)33(29,30)26(2)20-7-5-4-6-8-20/h4-14H,15H2,1-3H3. The molecule has 0 unspecified atom stereocenters. The summed E-state index contributed by atoms with van der Waals surface area (Å²) in [7, 11) is -1.17. The fraction of sp³-hybridized carbons (Fsp3) is 0.167. The van der Waals surface area contributed by atoms with Gasteiger partial charge in [-0.05, 0) is 55.5 Å². The monoisotopic (exact) mass is 487 g/mol. The average Bonchev–Trinajstić information content (AvgIpc) is 2.82. The fourth-order valence-corrected chi connectivity index (χ4v) is 4.78. The molecule has 0 aliphatic heterocycles. The Balaban J connectivity index is 1.86. The number of ether oxygens (including phenoxy) is 2. The minimum absolute atomic E-state index is 0.0149. The van der Waals surface area contributed by atoms with Crippen molar-refractivity contribution in [2.24, 2.45) is 0 Å². The number of ketones is 1. The molecule has 3 rings (SSSR count). The summed E-state index contributed by atoms with van der Waals surface area (Å²) in [6.45, 7) is 1.26. The Morgan fingerprint density at radius 3 is 2.27 bits per heavy atom. The van der Waals surface area contributed by atoms with Crippen LogP contribution in [0.25, 0.3) is 0 Å². The Kier molecular flexibility index (Phi) is 7.40. The molecule has 0 aliphatic carbocycles. The number of carbonyl (C=O) groups excluding carboxylic acids is 2. The topological polar surface area (TPSA) is 90.0 Å². The smallest absolute Gasteiger partial charge is 0.338 e. The number of nitrogens with zero attached hydrogens (tertiary/aromatic N) is 1. The zero-order valence-electron chi connectivity index (χ0n) is 18.2. The van der Waals surface area contributed by atoms with Crippen molar-refractivity contribution in [3.8, 4) is 5.75 Å². The number of hydrogen-bond donors (Lipinski definition) is 0. The highest BCUT2D eigenvalue weighted by Gasteiger charge is 2.26. The molecule has 33 heavy (non-hydrogen) atoms. The first kappa shape index (κ1) is 24.3. The summed E-state index contributed by atoms with van der Waals surface area (Å²) in [5, 5.41) is -0.0230. The Bertz CT molecular complexity index is 1290. The minimum Gasteiger partial charge on any atom is -0.496 e. The Labute approximate surface area is 197 Å². The molecule has 0 amide bonds. The van der Waals surface area contributed by atoms with Crippen LogP contribution in [0.1, 0.15) is 33.2 Å². The molecule has 3 aromatic rings. The molecule has 0 saturated carbocycles. The van der Waals surface area contributed by atoms with Gasteiger partial charge in [0.05, 0.1) is 23.4 Å². The van der Waals surface area contributed by atoms with E-state index in [1.807, 2.05) is 0 Å². The lowest BCUT2D eigenvalue weighted by atomic mass is 10.1. The van der Waals surface area contributed by atoms with Crippen LogP contribution < -0.4 is 9.04 Å². The number of benzene rings is 3. The summed E-state index contributed by atoms with van der Waals surface area (Å²) in [6, 6.07) is 17.2. The fourth-order valence-electron chi connectivity index (χ4n) is 3.09. The van der Waals surface area contributed by atoms with Crippen LogP contribution in [-0.2, 0) is 21.4 Å². The van der Waals surface area contributed by atoms with E-state index in [-0.39, 0.29) is 27.9 Å². The maximum atomic E-state index is 13.1. The van der Waals surface area contributed by atoms with Crippen molar-refractivity contribution in [1.82, 2.24) is 0 Å². The van der Waals surface area contributed by atoms with Crippen molar-refractivity contribution in [2.45, 2.75) is 18.4 Å². The van der Waals surface area contributed by atoms with Gasteiger partial charge in [-0.15, -0.1) is 0 Å². The first-order chi connectivity index (χ1) is 15.6. The number of sulfonamides is 1. The molecule has 0 N–H and O–H groups in total. The molecule has 172 valence electrons. The third-order valence-electron chi connectivity index (χ3n) is 4.97. The number of methoxy groups -OCH3 is 1. The molecule has 0 aromatic heterocycles. The van der Waals surface area contributed by atoms with Crippen molar-refractivity contribution < 1.29 is 27.5 Å². The second-order valence-electron chi connectivity index (χ2n) is 7.11. The van der Waals surface area contributed by atoms with E-state index < -0.39 is 16.0 Å². The number of halogens is 1. The van der Waals surface area contributed by atoms with E-state index in [1.54, 1.807) is 48.5 Å². The van der Waals surface area contributed by atoms with Gasteiger partial charge in [0.25, 0.3) is 10.0 Å². The maximum Gasteiger partial charge on any atom is 0.338 e. The van der Waals surface area contributed by atoms with Crippen LogP contribution in [0.2, 0.25) is 5.02 Å². The minimum atomic E-state index is -4.04. The largest absolute Gasteiger partial charge is 0.496 e. The Morgan fingerprint density at radius 1 is 0.970 bits per heavy atom. The van der Waals surface area contributed by atoms with E-state index in [9.17, 15) is 18.0 Å². The first-order valence-electron chi connectivity index (χ1n) is 9.83. The third kappa shape index (κ3) is 5.35. The van der Waals surface area contributed by atoms with Crippen LogP contribution >= 0.6 is 11.6 Å². The van der Waals surface area contributed by atoms with Gasteiger partial charge in [-0.2, -0.15) is 0 Å². The van der Waals surface area contributed by atoms with E-state index >= 15 is 0 Å². The molecule has 0 saturated heterocycles. The molecule has 3 aromatic carbocycles. The number of anilines is 1. The number of hydrogen-bond acceptors (Lipinski definition) is 6. The molecule has 0 radical (unpaired) electrons. The summed E-state index contributed by atoms with van der Waals surface area (Å²) < 4.78 is 38.0. The molecule has 9 heteroatoms. The van der Waals surface area contributed by atoms with Crippen LogP contribution in [0.4, 0.5) is 5.69 Å². The normalized spacial score (nSPS) is 11.0. The molecule has 0 fully saturated rings. The van der Waals surface area contributed by atoms with Gasteiger partial charge in [0.15, 0.2) is 5.78 Å². The summed E-state index contributed by atoms with van der Waals surface area (Å²) >= 11 is 6.17. The Morgan fingerprint density at radius 2 is 1.64 bits per heavy atom. The number of esters is 1. The second-order valence-corrected chi connectivity index (χ2v) is 9.46. The van der Waals surface area contributed by atoms with E-state index in [2.05, 4.69) is 0 Å². The summed E-state index contributed by atoms with van der Waals surface area (Å²) in [5.41, 5.74) is 1.41. The number of para-hydroxylation sites is 1. The molecule has 0 bridgehead atoms. The van der Waals surface area contributed by atoms with Gasteiger partial charge in [-0.1, -0.05) is 29.8 Å². The average molecular weight is 488 g/mol. The lowest BCUT2D eigenvalue weighted by Crippen LogP contribution is -2.27. The first-order valence-corrected chi connectivity index (χ1v) is 11.7. The van der Waals surface area contributed by atoms with Crippen LogP contribution in [0.3, 0.4) is 0 Å². The van der Waals surface area contributed by atoms with Crippen molar-refractivity contribution in [3.63, 3.8) is 0 Å². The molecule has 0 aliphatic rings. The maximum absolute atomic E-state index is 13.1. The highest BCUT2D eigenvalue weighted by molar-refractivity contribution is 7.93. The lowest BCUT2D eigenvalue weighted by molar-refractivity contribution is 0.0470. The number of rotatable bonds is 8. The van der Waals surface area contributed by atoms with Crippen molar-refractivity contribution in [1.29, 1.82) is 0 Å². The molecule has 0 spiro atoms. The predicted molar refractivity (Wildman–Crippen MR) is 126 cm³/mol. The van der Waals surface area contributed by atoms with Gasteiger partial charge in [0.2, 0.25) is 0 Å². The van der Waals surface area contributed by atoms with Gasteiger partial charge < -0.3 is 9.47 Å². The number of carbonyl (C=O) groups is 2. The molecular formula is C24H22ClNO6S. The van der Waals surface area contributed by atoms with Gasteiger partial charge >= 0.3 is 5.97 Å². The summed E-state index contributed by atoms with van der Waals surface area (Å²) in [4.78, 5) is 24.1. The highest BCUT2D eigenvalue weighted by atomic mass is 35.5. The zero-order chi connectivity index (χ0) is 24.2. The molecule has 7 nitrogen and oxygen atoms in total. The van der Waals surface area contributed by atoms with Gasteiger partial charge in [-0.25, -0.2) is 13.2 Å². The quantitative estimate of drug-likeness (QED) is 0.337. The lowest BCUT2D eigenvalue weighted by Gasteiger charge is -2.20. The third-order valence-corrected chi connectivity index (χ3v) is 7.24. The van der Waals surface area contributed by atoms with E-state index in [0.29, 0.717) is 22.6 Å². The van der Waals surface area contributed by atoms with E-state index in [1.165, 1.54) is 39.3 Å². The van der Waals surface area contributed by atoms with Crippen LogP contribution in [0.5, 0.6) is 5.75 Å². The molecule has 0 heterocycles. The predicted octanol–water partition coefficient (Wildman–Crippen LogP) is 4.73. The van der Waals surface area contributed by atoms with Crippen LogP contribution in [-0.4, -0.2) is 34.3 Å². The summed E-state index contributed by atoms with van der Waals surface area (Å²) in [5.74, 6) is -0.433.